The monoisotopic (exact) mass is 260 g/mol. The van der Waals surface area contributed by atoms with Gasteiger partial charge in [-0.05, 0) is 31.2 Å². The first kappa shape index (κ1) is 12.9. The van der Waals surface area contributed by atoms with Gasteiger partial charge in [0, 0.05) is 31.5 Å². The molecule has 1 aromatic heterocycles. The van der Waals surface area contributed by atoms with E-state index >= 15 is 0 Å². The number of nitrogens with one attached hydrogen (secondary N) is 1. The minimum atomic E-state index is -0.288. The van der Waals surface area contributed by atoms with Crippen molar-refractivity contribution in [3.05, 3.63) is 36.0 Å². The van der Waals surface area contributed by atoms with Gasteiger partial charge in [-0.2, -0.15) is 5.10 Å². The number of hydrogen-bond acceptors (Lipinski definition) is 3. The molecular weight excluding hydrogens is 244 g/mol. The Kier molecular flexibility index (Phi) is 3.41. The van der Waals surface area contributed by atoms with Gasteiger partial charge in [0.2, 0.25) is 0 Å². The lowest BCUT2D eigenvalue weighted by Crippen LogP contribution is -2.31. The number of carbonyl (C=O) groups is 1. The number of aromatic nitrogens is 2. The Balaban J connectivity index is 2.09. The molecule has 0 aliphatic heterocycles. The Morgan fingerprint density at radius 3 is 2.53 bits per heavy atom. The molecule has 0 saturated carbocycles. The molecule has 0 radical (unpaired) electrons. The third kappa shape index (κ3) is 2.85. The van der Waals surface area contributed by atoms with E-state index in [1.54, 1.807) is 29.9 Å². The molecule has 0 aliphatic rings. The average Bonchev–Trinajstić information content (AvgIpc) is 2.68. The summed E-state index contributed by atoms with van der Waals surface area (Å²) in [6.07, 6.45) is 0. The maximum atomic E-state index is 12.0. The maximum Gasteiger partial charge on any atom is 0.327 e. The van der Waals surface area contributed by atoms with Crippen LogP contribution >= 0.6 is 0 Å². The second kappa shape index (κ2) is 5.01. The van der Waals surface area contributed by atoms with Gasteiger partial charge in [-0.15, -0.1) is 0 Å². The molecule has 0 aliphatic carbocycles. The van der Waals surface area contributed by atoms with Crippen molar-refractivity contribution in [1.29, 1.82) is 0 Å². The van der Waals surface area contributed by atoms with Crippen molar-refractivity contribution in [1.82, 2.24) is 9.78 Å². The third-order valence-corrected chi connectivity index (χ3v) is 2.89. The number of urea groups is 1. The first-order valence-electron chi connectivity index (χ1n) is 5.82. The van der Waals surface area contributed by atoms with Crippen molar-refractivity contribution in [2.45, 2.75) is 6.92 Å². The van der Waals surface area contributed by atoms with Gasteiger partial charge in [0.15, 0.2) is 5.82 Å². The average molecular weight is 260 g/mol. The molecule has 0 bridgehead atoms. The summed E-state index contributed by atoms with van der Waals surface area (Å²) in [6, 6.07) is 7.90. The van der Waals surface area contributed by atoms with Crippen molar-refractivity contribution < 1.29 is 9.90 Å². The SMILES string of the molecule is Cc1cc(NC(=O)N(C)c2ccc(O)cc2)nn1C. The molecule has 2 N–H and O–H groups in total. The van der Waals surface area contributed by atoms with Crippen molar-refractivity contribution in [2.24, 2.45) is 7.05 Å². The van der Waals surface area contributed by atoms with E-state index in [0.717, 1.165) is 5.69 Å². The van der Waals surface area contributed by atoms with Crippen LogP contribution in [-0.4, -0.2) is 28.0 Å². The van der Waals surface area contributed by atoms with Gasteiger partial charge in [0.05, 0.1) is 0 Å². The van der Waals surface area contributed by atoms with Crippen LogP contribution in [0.5, 0.6) is 5.75 Å². The highest BCUT2D eigenvalue weighted by Crippen LogP contribution is 2.18. The number of hydrogen-bond donors (Lipinski definition) is 2. The van der Waals surface area contributed by atoms with Crippen LogP contribution in [0.15, 0.2) is 30.3 Å². The summed E-state index contributed by atoms with van der Waals surface area (Å²) in [5.41, 5.74) is 1.64. The fraction of sp³-hybridized carbons (Fsp3) is 0.231. The quantitative estimate of drug-likeness (QED) is 0.868. The molecule has 0 saturated heterocycles. The molecule has 2 aromatic rings. The second-order valence-electron chi connectivity index (χ2n) is 4.30. The number of rotatable bonds is 2. The Morgan fingerprint density at radius 1 is 1.37 bits per heavy atom. The fourth-order valence-corrected chi connectivity index (χ4v) is 1.61. The molecular formula is C13H16N4O2. The number of nitrogens with zero attached hydrogens (tertiary/aromatic N) is 3. The molecule has 2 amide bonds. The molecule has 19 heavy (non-hydrogen) atoms. The number of amides is 2. The Bertz CT molecular complexity index is 570. The first-order valence-corrected chi connectivity index (χ1v) is 5.82. The van der Waals surface area contributed by atoms with Gasteiger partial charge in [-0.3, -0.25) is 14.9 Å². The highest BCUT2D eigenvalue weighted by Gasteiger charge is 2.12. The van der Waals surface area contributed by atoms with Gasteiger partial charge in [0.25, 0.3) is 0 Å². The first-order chi connectivity index (χ1) is 8.97. The lowest BCUT2D eigenvalue weighted by Gasteiger charge is -2.17. The Morgan fingerprint density at radius 2 is 2.00 bits per heavy atom. The van der Waals surface area contributed by atoms with Crippen LogP contribution in [0, 0.1) is 6.92 Å². The van der Waals surface area contributed by atoms with Gasteiger partial charge >= 0.3 is 6.03 Å². The smallest absolute Gasteiger partial charge is 0.327 e. The zero-order valence-corrected chi connectivity index (χ0v) is 11.1. The van der Waals surface area contributed by atoms with Gasteiger partial charge < -0.3 is 5.11 Å². The number of carbonyl (C=O) groups excluding carboxylic acids is 1. The molecule has 1 aromatic carbocycles. The van der Waals surface area contributed by atoms with Crippen LogP contribution in [0.2, 0.25) is 0 Å². The van der Waals surface area contributed by atoms with E-state index < -0.39 is 0 Å². The second-order valence-corrected chi connectivity index (χ2v) is 4.30. The standard InChI is InChI=1S/C13H16N4O2/c1-9-8-12(15-17(9)3)14-13(19)16(2)10-4-6-11(18)7-5-10/h4-8,18H,1-3H3,(H,14,15,19). The van der Waals surface area contributed by atoms with E-state index in [2.05, 4.69) is 10.4 Å². The molecule has 0 unspecified atom stereocenters. The van der Waals surface area contributed by atoms with Crippen molar-refractivity contribution in [3.8, 4) is 5.75 Å². The highest BCUT2D eigenvalue weighted by molar-refractivity contribution is 6.00. The number of aryl methyl sites for hydroxylation is 2. The van der Waals surface area contributed by atoms with Crippen molar-refractivity contribution in [3.63, 3.8) is 0 Å². The van der Waals surface area contributed by atoms with Crippen LogP contribution in [-0.2, 0) is 7.05 Å². The largest absolute Gasteiger partial charge is 0.508 e. The van der Waals surface area contributed by atoms with E-state index in [0.29, 0.717) is 11.5 Å². The molecule has 2 rings (SSSR count). The summed E-state index contributed by atoms with van der Waals surface area (Å²) >= 11 is 0. The summed E-state index contributed by atoms with van der Waals surface area (Å²) < 4.78 is 1.69. The summed E-state index contributed by atoms with van der Waals surface area (Å²) in [7, 11) is 3.46. The van der Waals surface area contributed by atoms with Crippen molar-refractivity contribution in [2.75, 3.05) is 17.3 Å². The number of benzene rings is 1. The minimum absolute atomic E-state index is 0.165. The minimum Gasteiger partial charge on any atom is -0.508 e. The van der Waals surface area contributed by atoms with Gasteiger partial charge in [0.1, 0.15) is 5.75 Å². The molecule has 6 nitrogen and oxygen atoms in total. The number of phenols is 1. The lowest BCUT2D eigenvalue weighted by atomic mass is 10.3. The molecule has 6 heteroatoms. The molecule has 0 atom stereocenters. The third-order valence-electron chi connectivity index (χ3n) is 2.89. The summed E-state index contributed by atoms with van der Waals surface area (Å²) in [4.78, 5) is 13.5. The maximum absolute atomic E-state index is 12.0. The predicted molar refractivity (Wildman–Crippen MR) is 73.5 cm³/mol. The van der Waals surface area contributed by atoms with Crippen LogP contribution < -0.4 is 10.2 Å². The number of phenolic OH excluding ortho intramolecular Hbond substituents is 1. The highest BCUT2D eigenvalue weighted by atomic mass is 16.3. The van der Waals surface area contributed by atoms with E-state index in [9.17, 15) is 9.90 Å². The normalized spacial score (nSPS) is 10.3. The molecule has 100 valence electrons. The van der Waals surface area contributed by atoms with E-state index in [1.807, 2.05) is 14.0 Å². The summed E-state index contributed by atoms with van der Waals surface area (Å²) in [6.45, 7) is 1.91. The topological polar surface area (TPSA) is 70.4 Å². The Hall–Kier alpha value is -2.50. The van der Waals surface area contributed by atoms with Gasteiger partial charge in [-0.1, -0.05) is 0 Å². The number of anilines is 2. The van der Waals surface area contributed by atoms with Crippen LogP contribution in [0.3, 0.4) is 0 Å². The number of aromatic hydroxyl groups is 1. The molecule has 1 heterocycles. The molecule has 0 fully saturated rings. The van der Waals surface area contributed by atoms with E-state index in [1.165, 1.54) is 17.0 Å². The van der Waals surface area contributed by atoms with Crippen LogP contribution in [0.1, 0.15) is 5.69 Å². The zero-order valence-electron chi connectivity index (χ0n) is 11.1. The molecule has 0 spiro atoms. The fourth-order valence-electron chi connectivity index (χ4n) is 1.61. The summed E-state index contributed by atoms with van der Waals surface area (Å²) in [5.74, 6) is 0.675. The van der Waals surface area contributed by atoms with Gasteiger partial charge in [-0.25, -0.2) is 4.79 Å². The van der Waals surface area contributed by atoms with Crippen molar-refractivity contribution >= 4 is 17.5 Å². The van der Waals surface area contributed by atoms with E-state index in [-0.39, 0.29) is 11.8 Å². The zero-order chi connectivity index (χ0) is 14.0. The predicted octanol–water partition coefficient (Wildman–Crippen LogP) is 2.10. The lowest BCUT2D eigenvalue weighted by molar-refractivity contribution is 0.258. The van der Waals surface area contributed by atoms with Crippen LogP contribution in [0.25, 0.3) is 0 Å². The Labute approximate surface area is 111 Å². The van der Waals surface area contributed by atoms with E-state index in [4.69, 9.17) is 0 Å². The van der Waals surface area contributed by atoms with Crippen LogP contribution in [0.4, 0.5) is 16.3 Å². The summed E-state index contributed by atoms with van der Waals surface area (Å²) in [5, 5.41) is 16.1.